The summed E-state index contributed by atoms with van der Waals surface area (Å²) < 4.78 is 5.60. The van der Waals surface area contributed by atoms with Crippen LogP contribution in [0.4, 0.5) is 0 Å². The first-order valence-electron chi connectivity index (χ1n) is 5.66. The van der Waals surface area contributed by atoms with Crippen LogP contribution in [0.15, 0.2) is 24.3 Å². The molecule has 0 bridgehead atoms. The number of para-hydroxylation sites is 1. The lowest BCUT2D eigenvalue weighted by Crippen LogP contribution is -2.52. The van der Waals surface area contributed by atoms with Crippen molar-refractivity contribution in [3.8, 4) is 5.75 Å². The normalized spacial score (nSPS) is 14.1. The van der Waals surface area contributed by atoms with Crippen molar-refractivity contribution in [2.75, 3.05) is 13.7 Å². The van der Waals surface area contributed by atoms with E-state index in [1.165, 1.54) is 0 Å². The third-order valence-corrected chi connectivity index (χ3v) is 2.89. The molecule has 0 aromatic heterocycles. The number of rotatable bonds is 6. The average molecular weight is 237 g/mol. The first kappa shape index (κ1) is 13.5. The molecule has 0 radical (unpaired) electrons. The van der Waals surface area contributed by atoms with Crippen LogP contribution in [0.5, 0.6) is 5.75 Å². The van der Waals surface area contributed by atoms with Gasteiger partial charge in [0.25, 0.3) is 0 Å². The molecule has 0 heterocycles. The van der Waals surface area contributed by atoms with Crippen LogP contribution >= 0.6 is 0 Å². The van der Waals surface area contributed by atoms with Gasteiger partial charge in [-0.1, -0.05) is 25.1 Å². The minimum Gasteiger partial charge on any atom is -0.491 e. The van der Waals surface area contributed by atoms with Crippen molar-refractivity contribution in [2.45, 2.75) is 25.8 Å². The van der Waals surface area contributed by atoms with E-state index >= 15 is 0 Å². The van der Waals surface area contributed by atoms with E-state index in [4.69, 9.17) is 9.84 Å². The maximum Gasteiger partial charge on any atom is 0.327 e. The van der Waals surface area contributed by atoms with Crippen molar-refractivity contribution < 1.29 is 14.6 Å². The van der Waals surface area contributed by atoms with Crippen LogP contribution in [0.1, 0.15) is 19.4 Å². The molecule has 0 spiro atoms. The van der Waals surface area contributed by atoms with E-state index in [0.29, 0.717) is 0 Å². The highest BCUT2D eigenvalue weighted by molar-refractivity contribution is 5.78. The summed E-state index contributed by atoms with van der Waals surface area (Å²) in [6.07, 6.45) is 0.861. The second-order valence-electron chi connectivity index (χ2n) is 4.14. The Morgan fingerprint density at radius 3 is 2.65 bits per heavy atom. The smallest absolute Gasteiger partial charge is 0.327 e. The fraction of sp³-hybridized carbons (Fsp3) is 0.462. The number of ether oxygens (including phenoxy) is 1. The predicted molar refractivity (Wildman–Crippen MR) is 66.4 cm³/mol. The van der Waals surface area contributed by atoms with Gasteiger partial charge in [-0.3, -0.25) is 4.79 Å². The van der Waals surface area contributed by atoms with E-state index in [1.807, 2.05) is 31.2 Å². The lowest BCUT2D eigenvalue weighted by atomic mass is 10.1. The summed E-state index contributed by atoms with van der Waals surface area (Å²) in [5.74, 6) is -0.174. The molecule has 2 N–H and O–H groups in total. The zero-order valence-corrected chi connectivity index (χ0v) is 10.5. The summed E-state index contributed by atoms with van der Waals surface area (Å²) in [7, 11) is 1.61. The number of hydrogen-bond donors (Lipinski definition) is 2. The van der Waals surface area contributed by atoms with Gasteiger partial charge in [0.15, 0.2) is 0 Å². The maximum atomic E-state index is 11.1. The van der Waals surface area contributed by atoms with Gasteiger partial charge in [0, 0.05) is 0 Å². The number of carboxylic acids is 1. The molecular formula is C13H19NO3. The molecule has 0 saturated carbocycles. The number of likely N-dealkylation sites (N-methyl/N-ethyl adjacent to an activating group) is 1. The van der Waals surface area contributed by atoms with Crippen LogP contribution in [0.3, 0.4) is 0 Å². The third-order valence-electron chi connectivity index (χ3n) is 2.89. The van der Waals surface area contributed by atoms with Crippen LogP contribution in [0.2, 0.25) is 0 Å². The third kappa shape index (κ3) is 3.20. The van der Waals surface area contributed by atoms with Gasteiger partial charge < -0.3 is 15.2 Å². The lowest BCUT2D eigenvalue weighted by molar-refractivity contribution is -0.145. The predicted octanol–water partition coefficient (Wildman–Crippen LogP) is 1.69. The van der Waals surface area contributed by atoms with E-state index in [0.717, 1.165) is 17.7 Å². The number of carbonyl (C=O) groups is 1. The Morgan fingerprint density at radius 2 is 2.12 bits per heavy atom. The Bertz CT molecular complexity index is 392. The monoisotopic (exact) mass is 237 g/mol. The van der Waals surface area contributed by atoms with Gasteiger partial charge in [-0.15, -0.1) is 0 Å². The summed E-state index contributed by atoms with van der Waals surface area (Å²) >= 11 is 0. The highest BCUT2D eigenvalue weighted by atomic mass is 16.5. The van der Waals surface area contributed by atoms with Crippen molar-refractivity contribution in [2.24, 2.45) is 0 Å². The van der Waals surface area contributed by atoms with E-state index in [9.17, 15) is 4.79 Å². The highest BCUT2D eigenvalue weighted by Gasteiger charge is 2.32. The van der Waals surface area contributed by atoms with Crippen LogP contribution in [0.25, 0.3) is 0 Å². The van der Waals surface area contributed by atoms with Gasteiger partial charge in [-0.25, -0.2) is 0 Å². The number of nitrogens with one attached hydrogen (secondary N) is 1. The number of benzene rings is 1. The van der Waals surface area contributed by atoms with Crippen LogP contribution in [-0.2, 0) is 11.2 Å². The minimum absolute atomic E-state index is 0.0931. The molecule has 0 fully saturated rings. The summed E-state index contributed by atoms with van der Waals surface area (Å²) in [5.41, 5.74) is 0.0113. The summed E-state index contributed by atoms with van der Waals surface area (Å²) in [6, 6.07) is 7.66. The fourth-order valence-corrected chi connectivity index (χ4v) is 1.40. The molecule has 1 aromatic rings. The zero-order valence-electron chi connectivity index (χ0n) is 10.5. The number of aryl methyl sites for hydroxylation is 1. The molecule has 4 nitrogen and oxygen atoms in total. The fourth-order valence-electron chi connectivity index (χ4n) is 1.40. The molecule has 0 aliphatic rings. The Balaban J connectivity index is 2.76. The van der Waals surface area contributed by atoms with Crippen molar-refractivity contribution >= 4 is 5.97 Å². The minimum atomic E-state index is -1.07. The van der Waals surface area contributed by atoms with Crippen LogP contribution in [-0.4, -0.2) is 30.3 Å². The van der Waals surface area contributed by atoms with Gasteiger partial charge >= 0.3 is 5.97 Å². The van der Waals surface area contributed by atoms with Crippen LogP contribution in [0, 0.1) is 0 Å². The molecule has 0 aliphatic carbocycles. The molecule has 17 heavy (non-hydrogen) atoms. The summed E-state index contributed by atoms with van der Waals surface area (Å²) in [6.45, 7) is 3.73. The molecule has 1 aromatic carbocycles. The molecule has 1 unspecified atom stereocenters. The number of aliphatic carboxylic acids is 1. The summed E-state index contributed by atoms with van der Waals surface area (Å²) in [4.78, 5) is 11.1. The first-order valence-corrected chi connectivity index (χ1v) is 5.66. The van der Waals surface area contributed by atoms with Crippen LogP contribution < -0.4 is 10.1 Å². The standard InChI is InChI=1S/C13H19NO3/c1-4-10-7-5-6-8-11(10)17-9-13(2,14-3)12(15)16/h5-8,14H,4,9H2,1-3H3,(H,15,16). The van der Waals surface area contributed by atoms with Gasteiger partial charge in [0.2, 0.25) is 0 Å². The van der Waals surface area contributed by atoms with Crippen molar-refractivity contribution in [3.63, 3.8) is 0 Å². The number of hydrogen-bond acceptors (Lipinski definition) is 3. The number of carboxylic acid groups (broad SMARTS) is 1. The lowest BCUT2D eigenvalue weighted by Gasteiger charge is -2.24. The first-order chi connectivity index (χ1) is 8.03. The van der Waals surface area contributed by atoms with Gasteiger partial charge in [-0.05, 0) is 32.0 Å². The van der Waals surface area contributed by atoms with E-state index in [-0.39, 0.29) is 6.61 Å². The Morgan fingerprint density at radius 1 is 1.47 bits per heavy atom. The topological polar surface area (TPSA) is 58.6 Å². The largest absolute Gasteiger partial charge is 0.491 e. The molecule has 0 amide bonds. The summed E-state index contributed by atoms with van der Waals surface area (Å²) in [5, 5.41) is 11.9. The molecule has 0 saturated heterocycles. The van der Waals surface area contributed by atoms with Gasteiger partial charge in [0.05, 0.1) is 0 Å². The molecule has 1 rings (SSSR count). The molecule has 0 aliphatic heterocycles. The molecular weight excluding hydrogens is 218 g/mol. The molecule has 94 valence electrons. The van der Waals surface area contributed by atoms with E-state index in [1.54, 1.807) is 14.0 Å². The second-order valence-corrected chi connectivity index (χ2v) is 4.14. The van der Waals surface area contributed by atoms with Crippen molar-refractivity contribution in [1.29, 1.82) is 0 Å². The molecule has 1 atom stereocenters. The highest BCUT2D eigenvalue weighted by Crippen LogP contribution is 2.19. The Labute approximate surface area is 102 Å². The Kier molecular flexibility index (Phi) is 4.52. The molecule has 4 heteroatoms. The Hall–Kier alpha value is -1.55. The SMILES string of the molecule is CCc1ccccc1OCC(C)(NC)C(=O)O. The second kappa shape index (κ2) is 5.68. The van der Waals surface area contributed by atoms with E-state index in [2.05, 4.69) is 5.32 Å². The van der Waals surface area contributed by atoms with Crippen molar-refractivity contribution in [1.82, 2.24) is 5.32 Å². The maximum absolute atomic E-state index is 11.1. The van der Waals surface area contributed by atoms with E-state index < -0.39 is 11.5 Å². The van der Waals surface area contributed by atoms with Gasteiger partial charge in [-0.2, -0.15) is 0 Å². The quantitative estimate of drug-likeness (QED) is 0.790. The zero-order chi connectivity index (χ0) is 12.9. The average Bonchev–Trinajstić information content (AvgIpc) is 2.36. The van der Waals surface area contributed by atoms with Crippen molar-refractivity contribution in [3.05, 3.63) is 29.8 Å². The van der Waals surface area contributed by atoms with Gasteiger partial charge in [0.1, 0.15) is 17.9 Å².